The van der Waals surface area contributed by atoms with Gasteiger partial charge in [-0.2, -0.15) is 0 Å². The van der Waals surface area contributed by atoms with Crippen molar-refractivity contribution in [2.24, 2.45) is 0 Å². The van der Waals surface area contributed by atoms with Gasteiger partial charge in [-0.3, -0.25) is 0 Å². The smallest absolute Gasteiger partial charge is 0.200 e. The molecule has 0 fully saturated rings. The van der Waals surface area contributed by atoms with Crippen LogP contribution < -0.4 is 0 Å². The second-order valence-electron chi connectivity index (χ2n) is 4.13. The minimum atomic E-state index is -5.36. The normalized spacial score (nSPS) is 11.8. The Labute approximate surface area is 136 Å². The van der Waals surface area contributed by atoms with Crippen molar-refractivity contribution >= 4 is 33.3 Å². The summed E-state index contributed by atoms with van der Waals surface area (Å²) >= 11 is 11.2. The van der Waals surface area contributed by atoms with E-state index in [0.717, 1.165) is 6.07 Å². The zero-order valence-corrected chi connectivity index (χ0v) is 12.8. The van der Waals surface area contributed by atoms with Crippen molar-refractivity contribution in [1.82, 2.24) is 0 Å². The Bertz CT molecular complexity index is 902. The fourth-order valence-corrected chi connectivity index (χ4v) is 2.96. The van der Waals surface area contributed by atoms with E-state index < -0.39 is 65.3 Å². The third-order valence-corrected chi connectivity index (χ3v) is 4.47. The van der Waals surface area contributed by atoms with E-state index >= 15 is 0 Å². The van der Waals surface area contributed by atoms with Crippen LogP contribution in [0.4, 0.5) is 22.0 Å². The van der Waals surface area contributed by atoms with Crippen molar-refractivity contribution in [2.45, 2.75) is 4.90 Å². The van der Waals surface area contributed by atoms with Crippen molar-refractivity contribution in [3.05, 3.63) is 51.3 Å². The van der Waals surface area contributed by atoms with E-state index in [0.29, 0.717) is 6.07 Å². The highest BCUT2D eigenvalue weighted by Crippen LogP contribution is 2.42. The molecule has 0 atom stereocenters. The minimum Gasteiger partial charge on any atom is -0.744 e. The van der Waals surface area contributed by atoms with Crippen LogP contribution in [-0.4, -0.2) is 13.0 Å². The van der Waals surface area contributed by atoms with Gasteiger partial charge in [-0.25, -0.2) is 30.4 Å². The molecule has 11 heteroatoms. The summed E-state index contributed by atoms with van der Waals surface area (Å²) in [6, 6.07) is 1.37. The first kappa shape index (κ1) is 17.9. The molecule has 0 aliphatic carbocycles. The lowest BCUT2D eigenvalue weighted by molar-refractivity contribution is 0.381. The average Bonchev–Trinajstić information content (AvgIpc) is 2.46. The Morgan fingerprint density at radius 2 is 1.22 bits per heavy atom. The SMILES string of the molecule is O=S(=O)([O-])c1ccc(Cl)c(Cl)c1-c1c(F)c(F)c(F)c(F)c1F. The summed E-state index contributed by atoms with van der Waals surface area (Å²) in [5, 5.41) is -1.31. The number of rotatable bonds is 2. The van der Waals surface area contributed by atoms with Gasteiger partial charge in [0.15, 0.2) is 23.3 Å². The third-order valence-electron chi connectivity index (χ3n) is 2.79. The topological polar surface area (TPSA) is 57.2 Å². The molecule has 0 bridgehead atoms. The molecule has 124 valence electrons. The molecule has 0 unspecified atom stereocenters. The molecule has 23 heavy (non-hydrogen) atoms. The van der Waals surface area contributed by atoms with E-state index in [9.17, 15) is 34.9 Å². The molecule has 2 aromatic rings. The molecule has 0 heterocycles. The van der Waals surface area contributed by atoms with Gasteiger partial charge in [0.2, 0.25) is 5.82 Å². The number of benzene rings is 2. The van der Waals surface area contributed by atoms with E-state index in [1.807, 2.05) is 0 Å². The van der Waals surface area contributed by atoms with Crippen molar-refractivity contribution in [3.63, 3.8) is 0 Å². The summed E-state index contributed by atoms with van der Waals surface area (Å²) in [7, 11) is -5.36. The fraction of sp³-hybridized carbons (Fsp3) is 0. The lowest BCUT2D eigenvalue weighted by Crippen LogP contribution is -2.08. The summed E-state index contributed by atoms with van der Waals surface area (Å²) in [4.78, 5) is -1.28. The van der Waals surface area contributed by atoms with Gasteiger partial charge < -0.3 is 4.55 Å². The molecule has 0 spiro atoms. The monoisotopic (exact) mass is 391 g/mol. The maximum Gasteiger partial charge on any atom is 0.200 e. The van der Waals surface area contributed by atoms with Gasteiger partial charge in [0.05, 0.1) is 20.5 Å². The lowest BCUT2D eigenvalue weighted by Gasteiger charge is -2.17. The van der Waals surface area contributed by atoms with E-state index in [1.165, 1.54) is 0 Å². The minimum absolute atomic E-state index is 0.460. The summed E-state index contributed by atoms with van der Waals surface area (Å²) < 4.78 is 101. The van der Waals surface area contributed by atoms with Crippen LogP contribution in [0.5, 0.6) is 0 Å². The Balaban J connectivity index is 3.08. The van der Waals surface area contributed by atoms with Crippen LogP contribution >= 0.6 is 23.2 Å². The highest BCUT2D eigenvalue weighted by atomic mass is 35.5. The molecular formula is C12H2Cl2F5O3S-. The number of hydrogen-bond donors (Lipinski definition) is 0. The van der Waals surface area contributed by atoms with E-state index in [2.05, 4.69) is 0 Å². The average molecular weight is 392 g/mol. The van der Waals surface area contributed by atoms with Gasteiger partial charge in [-0.15, -0.1) is 0 Å². The molecule has 2 aromatic carbocycles. The molecule has 0 amide bonds. The second kappa shape index (κ2) is 5.90. The number of halogens is 7. The van der Waals surface area contributed by atoms with Gasteiger partial charge in [-0.05, 0) is 12.1 Å². The quantitative estimate of drug-likeness (QED) is 0.332. The summed E-state index contributed by atoms with van der Waals surface area (Å²) in [5.41, 5.74) is -2.87. The van der Waals surface area contributed by atoms with Crippen LogP contribution in [0.2, 0.25) is 10.0 Å². The highest BCUT2D eigenvalue weighted by molar-refractivity contribution is 7.85. The Morgan fingerprint density at radius 1 is 0.783 bits per heavy atom. The van der Waals surface area contributed by atoms with Crippen molar-refractivity contribution in [3.8, 4) is 11.1 Å². The van der Waals surface area contributed by atoms with Crippen LogP contribution in [0.25, 0.3) is 11.1 Å². The highest BCUT2D eigenvalue weighted by Gasteiger charge is 2.30. The molecule has 0 saturated heterocycles. The third kappa shape index (κ3) is 2.89. The maximum absolute atomic E-state index is 13.8. The second-order valence-corrected chi connectivity index (χ2v) is 6.27. The zero-order valence-electron chi connectivity index (χ0n) is 10.4. The van der Waals surface area contributed by atoms with Gasteiger partial charge >= 0.3 is 0 Å². The van der Waals surface area contributed by atoms with Crippen LogP contribution in [0.1, 0.15) is 0 Å². The van der Waals surface area contributed by atoms with E-state index in [4.69, 9.17) is 23.2 Å². The molecular weight excluding hydrogens is 390 g/mol. The molecule has 3 nitrogen and oxygen atoms in total. The standard InChI is InChI=1S/C12H3Cl2F5O3S/c13-3-1-2-4(23(20,21)22)5(7(3)14)6-8(15)10(17)12(19)11(18)9(6)16/h1-2H,(H,20,21,22)/p-1. The molecule has 0 aliphatic heterocycles. The first-order valence-corrected chi connectivity index (χ1v) is 7.60. The molecule has 0 radical (unpaired) electrons. The first-order valence-electron chi connectivity index (χ1n) is 5.44. The largest absolute Gasteiger partial charge is 0.744 e. The number of hydrogen-bond acceptors (Lipinski definition) is 3. The summed E-state index contributed by atoms with van der Waals surface area (Å²) in [6.07, 6.45) is 0. The van der Waals surface area contributed by atoms with Gasteiger partial charge in [0, 0.05) is 5.56 Å². The van der Waals surface area contributed by atoms with Crippen LogP contribution in [0.15, 0.2) is 17.0 Å². The molecule has 0 aliphatic rings. The maximum atomic E-state index is 13.8. The predicted molar refractivity (Wildman–Crippen MR) is 69.7 cm³/mol. The van der Waals surface area contributed by atoms with Gasteiger partial charge in [0.25, 0.3) is 0 Å². The van der Waals surface area contributed by atoms with Crippen molar-refractivity contribution in [1.29, 1.82) is 0 Å². The van der Waals surface area contributed by atoms with Crippen molar-refractivity contribution < 1.29 is 34.9 Å². The predicted octanol–water partition coefficient (Wildman–Crippen LogP) is 4.26. The fourth-order valence-electron chi connectivity index (χ4n) is 1.80. The molecule has 0 saturated carbocycles. The lowest BCUT2D eigenvalue weighted by atomic mass is 10.0. The summed E-state index contributed by atoms with van der Waals surface area (Å²) in [5.74, 6) is -11.8. The Hall–Kier alpha value is -1.42. The van der Waals surface area contributed by atoms with Crippen LogP contribution in [-0.2, 0) is 10.1 Å². The van der Waals surface area contributed by atoms with Gasteiger partial charge in [0.1, 0.15) is 10.1 Å². The van der Waals surface area contributed by atoms with E-state index in [-0.39, 0.29) is 0 Å². The molecule has 2 rings (SSSR count). The Kier molecular flexibility index (Phi) is 4.60. The first-order chi connectivity index (χ1) is 10.5. The van der Waals surface area contributed by atoms with Crippen molar-refractivity contribution in [2.75, 3.05) is 0 Å². The molecule has 0 N–H and O–H groups in total. The van der Waals surface area contributed by atoms with E-state index in [1.54, 1.807) is 0 Å². The van der Waals surface area contributed by atoms with Crippen LogP contribution in [0, 0.1) is 29.1 Å². The summed E-state index contributed by atoms with van der Waals surface area (Å²) in [6.45, 7) is 0. The van der Waals surface area contributed by atoms with Gasteiger partial charge in [-0.1, -0.05) is 23.2 Å². The Morgan fingerprint density at radius 3 is 1.65 bits per heavy atom. The zero-order chi connectivity index (χ0) is 17.7. The van der Waals surface area contributed by atoms with Crippen LogP contribution in [0.3, 0.4) is 0 Å². The molecule has 0 aromatic heterocycles.